The van der Waals surface area contributed by atoms with Crippen molar-refractivity contribution in [1.29, 1.82) is 0 Å². The second-order valence-electron chi connectivity index (χ2n) is 0.924. The van der Waals surface area contributed by atoms with E-state index in [1.807, 2.05) is 6.92 Å². The highest BCUT2D eigenvalue weighted by Crippen LogP contribution is 1.76. The maximum Gasteiger partial charge on any atom is 0.0653 e. The first-order valence-corrected chi connectivity index (χ1v) is 2.24. The monoisotopic (exact) mass is 87.0 g/mol. The number of aliphatic hydroxyl groups excluding tert-OH is 1. The topological polar surface area (TPSA) is 20.2 Å². The van der Waals surface area contributed by atoms with Crippen molar-refractivity contribution in [3.63, 3.8) is 0 Å². The van der Waals surface area contributed by atoms with Gasteiger partial charge in [-0.3, -0.25) is 0 Å². The average Bonchev–Trinajstić information content (AvgIpc) is 1.38. The molecule has 0 aromatic carbocycles. The van der Waals surface area contributed by atoms with Gasteiger partial charge in [0.1, 0.15) is 0 Å². The van der Waals surface area contributed by atoms with Crippen molar-refractivity contribution in [2.24, 2.45) is 0 Å². The molecule has 1 nitrogen and oxygen atoms in total. The van der Waals surface area contributed by atoms with Crippen LogP contribution in [-0.4, -0.2) is 21.1 Å². The molecule has 29 valence electrons. The van der Waals surface area contributed by atoms with Crippen LogP contribution in [0.5, 0.6) is 0 Å². The van der Waals surface area contributed by atoms with Gasteiger partial charge in [0, 0.05) is 5.73 Å². The van der Waals surface area contributed by atoms with Crippen LogP contribution in [0.15, 0.2) is 0 Å². The molecule has 0 fully saturated rings. The molecule has 0 aromatic rings. The Labute approximate surface area is 35.4 Å². The molecule has 0 aliphatic heterocycles. The first kappa shape index (κ1) is 5.18. The lowest BCUT2D eigenvalue weighted by molar-refractivity contribution is 0.251. The number of hydrogen-bond acceptors (Lipinski definition) is 1. The van der Waals surface area contributed by atoms with Crippen molar-refractivity contribution in [2.45, 2.75) is 19.1 Å². The second-order valence-corrected chi connectivity index (χ2v) is 1.59. The zero-order chi connectivity index (χ0) is 4.28. The number of rotatable bonds is 1. The van der Waals surface area contributed by atoms with Gasteiger partial charge < -0.3 is 5.11 Å². The third-order valence-corrected chi connectivity index (χ3v) is 0.795. The molecule has 1 atom stereocenters. The van der Waals surface area contributed by atoms with Gasteiger partial charge in [0.15, 0.2) is 0 Å². The van der Waals surface area contributed by atoms with Crippen molar-refractivity contribution < 1.29 is 5.11 Å². The lowest BCUT2D eigenvalue weighted by atomic mass is 10.5. The molecule has 0 aromatic heterocycles. The minimum atomic E-state index is -0.310. The third kappa shape index (κ3) is 4.18. The van der Waals surface area contributed by atoms with Gasteiger partial charge >= 0.3 is 0 Å². The van der Waals surface area contributed by atoms with E-state index < -0.39 is 0 Å². The molecule has 3 radical (unpaired) electrons. The predicted molar refractivity (Wildman–Crippen MR) is 22.1 cm³/mol. The maximum absolute atomic E-state index is 8.27. The van der Waals surface area contributed by atoms with Crippen LogP contribution >= 0.6 is 0 Å². The van der Waals surface area contributed by atoms with Gasteiger partial charge in [0.2, 0.25) is 0 Å². The van der Waals surface area contributed by atoms with Gasteiger partial charge in [-0.2, -0.15) is 0 Å². The molecular weight excluding hydrogens is 80.1 g/mol. The fourth-order valence-corrected chi connectivity index (χ4v) is 0. The zero-order valence-corrected chi connectivity index (χ0v) is 4.23. The molecular formula is C3H7OSi. The Morgan fingerprint density at radius 3 is 2.20 bits per heavy atom. The van der Waals surface area contributed by atoms with Gasteiger partial charge in [0.05, 0.1) is 10.2 Å². The third-order valence-electron chi connectivity index (χ3n) is 0.387. The van der Waals surface area contributed by atoms with Crippen molar-refractivity contribution in [3.8, 4) is 0 Å². The van der Waals surface area contributed by atoms with Crippen molar-refractivity contribution in [3.05, 3.63) is 0 Å². The van der Waals surface area contributed by atoms with Crippen LogP contribution in [0.2, 0.25) is 0 Å². The van der Waals surface area contributed by atoms with E-state index in [-0.39, 0.29) is 5.73 Å². The van der Waals surface area contributed by atoms with Crippen molar-refractivity contribution in [1.82, 2.24) is 0 Å². The van der Waals surface area contributed by atoms with E-state index >= 15 is 0 Å². The Morgan fingerprint density at radius 2 is 2.20 bits per heavy atom. The lowest BCUT2D eigenvalue weighted by Gasteiger charge is -1.90. The highest BCUT2D eigenvalue weighted by atomic mass is 28.1. The Bertz CT molecular complexity index is 20.9. The normalized spacial score (nSPS) is 15.0. The molecule has 0 aliphatic rings. The highest BCUT2D eigenvalue weighted by molar-refractivity contribution is 6.10. The second kappa shape index (κ2) is 2.42. The highest BCUT2D eigenvalue weighted by Gasteiger charge is 1.82. The minimum Gasteiger partial charge on any atom is -0.397 e. The van der Waals surface area contributed by atoms with Crippen LogP contribution in [0, 0.1) is 0 Å². The summed E-state index contributed by atoms with van der Waals surface area (Å²) in [5.41, 5.74) is -0.310. The summed E-state index contributed by atoms with van der Waals surface area (Å²) in [5, 5.41) is 8.27. The van der Waals surface area contributed by atoms with Crippen LogP contribution in [-0.2, 0) is 0 Å². The Kier molecular flexibility index (Phi) is 2.50. The summed E-state index contributed by atoms with van der Waals surface area (Å²) >= 11 is 0. The zero-order valence-electron chi connectivity index (χ0n) is 3.23. The number of aliphatic hydroxyl groups is 1. The summed E-state index contributed by atoms with van der Waals surface area (Å²) < 4.78 is 0. The summed E-state index contributed by atoms with van der Waals surface area (Å²) in [5.74, 6) is 0. The first-order valence-electron chi connectivity index (χ1n) is 1.66. The molecule has 0 amide bonds. The van der Waals surface area contributed by atoms with Gasteiger partial charge in [-0.25, -0.2) is 0 Å². The predicted octanol–water partition coefficient (Wildman–Crippen LogP) is -0.117. The Balaban J connectivity index is 2.54. The molecule has 0 aliphatic carbocycles. The fraction of sp³-hybridized carbons (Fsp3) is 1.00. The minimum absolute atomic E-state index is 0.310. The quantitative estimate of drug-likeness (QED) is 0.442. The summed E-state index contributed by atoms with van der Waals surface area (Å²) in [6.07, 6.45) is 0.775. The maximum atomic E-state index is 8.27. The molecule has 0 spiro atoms. The standard InChI is InChI=1S/C3H7OSi/c1-2-3(4)5/h3-4H,2H2,1H3. The first-order chi connectivity index (χ1) is 2.27. The fourth-order valence-electron chi connectivity index (χ4n) is 0. The van der Waals surface area contributed by atoms with Gasteiger partial charge in [0.25, 0.3) is 0 Å². The van der Waals surface area contributed by atoms with Crippen LogP contribution in [0.4, 0.5) is 0 Å². The molecule has 5 heavy (non-hydrogen) atoms. The SMILES string of the molecule is CCC(O)[Si]. The summed E-state index contributed by atoms with van der Waals surface area (Å²) in [6.45, 7) is 1.90. The molecule has 2 heteroatoms. The molecule has 0 rings (SSSR count). The smallest absolute Gasteiger partial charge is 0.0653 e. The van der Waals surface area contributed by atoms with Crippen LogP contribution < -0.4 is 0 Å². The van der Waals surface area contributed by atoms with Crippen molar-refractivity contribution in [2.75, 3.05) is 0 Å². The van der Waals surface area contributed by atoms with E-state index in [0.29, 0.717) is 0 Å². The van der Waals surface area contributed by atoms with Crippen molar-refractivity contribution >= 4 is 10.2 Å². The Morgan fingerprint density at radius 1 is 2.00 bits per heavy atom. The van der Waals surface area contributed by atoms with Crippen LogP contribution in [0.1, 0.15) is 13.3 Å². The molecule has 1 unspecified atom stereocenters. The average molecular weight is 87.2 g/mol. The van der Waals surface area contributed by atoms with E-state index in [0.717, 1.165) is 6.42 Å². The summed E-state index contributed by atoms with van der Waals surface area (Å²) in [6, 6.07) is 0. The van der Waals surface area contributed by atoms with Gasteiger partial charge in [-0.05, 0) is 6.42 Å². The van der Waals surface area contributed by atoms with E-state index in [9.17, 15) is 0 Å². The number of hydrogen-bond donors (Lipinski definition) is 1. The molecule has 0 saturated heterocycles. The van der Waals surface area contributed by atoms with E-state index in [1.54, 1.807) is 0 Å². The van der Waals surface area contributed by atoms with E-state index in [4.69, 9.17) is 5.11 Å². The molecule has 1 N–H and O–H groups in total. The molecule has 0 heterocycles. The Hall–Kier alpha value is 0.177. The summed E-state index contributed by atoms with van der Waals surface area (Å²) in [7, 11) is 2.97. The lowest BCUT2D eigenvalue weighted by Crippen LogP contribution is -2.00. The van der Waals surface area contributed by atoms with E-state index in [1.165, 1.54) is 0 Å². The molecule has 0 saturated carbocycles. The largest absolute Gasteiger partial charge is 0.397 e. The van der Waals surface area contributed by atoms with Crippen LogP contribution in [0.3, 0.4) is 0 Å². The van der Waals surface area contributed by atoms with E-state index in [2.05, 4.69) is 10.2 Å². The molecule has 0 bridgehead atoms. The van der Waals surface area contributed by atoms with Gasteiger partial charge in [-0.1, -0.05) is 6.92 Å². The summed E-state index contributed by atoms with van der Waals surface area (Å²) in [4.78, 5) is 0. The van der Waals surface area contributed by atoms with Gasteiger partial charge in [-0.15, -0.1) is 0 Å². The van der Waals surface area contributed by atoms with Crippen LogP contribution in [0.25, 0.3) is 0 Å².